The van der Waals surface area contributed by atoms with Crippen LogP contribution in [0.5, 0.6) is 0 Å². The first kappa shape index (κ1) is 24.2. The zero-order valence-electron chi connectivity index (χ0n) is 19.3. The first-order chi connectivity index (χ1) is 15.2. The topological polar surface area (TPSA) is 65.4 Å². The number of allylic oxidation sites excluding steroid dienone is 2. The molecule has 0 amide bonds. The number of pyridine rings is 1. The normalized spacial score (nSPS) is 27.9. The summed E-state index contributed by atoms with van der Waals surface area (Å²) in [5.41, 5.74) is 2.88. The molecule has 1 aromatic heterocycles. The second-order valence-electron chi connectivity index (χ2n) is 9.55. The Morgan fingerprint density at radius 1 is 1.16 bits per heavy atom. The number of rotatable bonds is 13. The number of hydrogen-bond donors (Lipinski definition) is 3. The van der Waals surface area contributed by atoms with Crippen LogP contribution in [0.4, 0.5) is 0 Å². The van der Waals surface area contributed by atoms with Crippen molar-refractivity contribution in [3.05, 3.63) is 53.9 Å². The van der Waals surface area contributed by atoms with Gasteiger partial charge in [0.05, 0.1) is 12.2 Å². The predicted molar refractivity (Wildman–Crippen MR) is 127 cm³/mol. The van der Waals surface area contributed by atoms with Gasteiger partial charge in [-0.15, -0.1) is 0 Å². The first-order valence-electron chi connectivity index (χ1n) is 12.5. The number of aliphatic hydroxyl groups excluding tert-OH is 2. The van der Waals surface area contributed by atoms with Crippen molar-refractivity contribution in [3.8, 4) is 0 Å². The second-order valence-corrected chi connectivity index (χ2v) is 9.55. The molecule has 3 rings (SSSR count). The molecular formula is C27H42N2O2. The molecule has 1 heterocycles. The average Bonchev–Trinajstić information content (AvgIpc) is 3.28. The molecule has 0 aromatic carbocycles. The van der Waals surface area contributed by atoms with Crippen LogP contribution < -0.4 is 5.32 Å². The summed E-state index contributed by atoms with van der Waals surface area (Å²) >= 11 is 0. The van der Waals surface area contributed by atoms with Gasteiger partial charge in [-0.2, -0.15) is 0 Å². The van der Waals surface area contributed by atoms with Crippen molar-refractivity contribution in [1.82, 2.24) is 10.3 Å². The Morgan fingerprint density at radius 3 is 2.81 bits per heavy atom. The molecule has 2 aliphatic carbocycles. The largest absolute Gasteiger partial charge is 0.392 e. The van der Waals surface area contributed by atoms with Crippen molar-refractivity contribution in [2.75, 3.05) is 6.54 Å². The first-order valence-corrected chi connectivity index (χ1v) is 12.5. The smallest absolute Gasteiger partial charge is 0.0721 e. The highest BCUT2D eigenvalue weighted by molar-refractivity contribution is 5.18. The van der Waals surface area contributed by atoms with Crippen molar-refractivity contribution in [3.63, 3.8) is 0 Å². The SMILES string of the molecule is CCCCC[C@H](O)/C=C/[C@@H]1[C@H]2C/C(=C/CCCCNCc3ccncc3)C[C@H]2C[C@H]1O. The van der Waals surface area contributed by atoms with Crippen LogP contribution in [0.2, 0.25) is 0 Å². The average molecular weight is 427 g/mol. The van der Waals surface area contributed by atoms with Gasteiger partial charge in [0, 0.05) is 24.9 Å². The van der Waals surface area contributed by atoms with Crippen LogP contribution in [0, 0.1) is 17.8 Å². The minimum Gasteiger partial charge on any atom is -0.392 e. The van der Waals surface area contributed by atoms with E-state index < -0.39 is 0 Å². The third kappa shape index (κ3) is 7.85. The third-order valence-electron chi connectivity index (χ3n) is 7.09. The molecule has 172 valence electrons. The van der Waals surface area contributed by atoms with Crippen LogP contribution in [0.1, 0.15) is 76.7 Å². The van der Waals surface area contributed by atoms with E-state index in [-0.39, 0.29) is 18.1 Å². The molecule has 2 aliphatic rings. The summed E-state index contributed by atoms with van der Waals surface area (Å²) in [6.45, 7) is 4.15. The highest BCUT2D eigenvalue weighted by Gasteiger charge is 2.44. The van der Waals surface area contributed by atoms with Gasteiger partial charge < -0.3 is 15.5 Å². The second kappa shape index (κ2) is 13.1. The Bertz CT molecular complexity index is 688. The Kier molecular flexibility index (Phi) is 10.2. The van der Waals surface area contributed by atoms with Crippen molar-refractivity contribution in [2.45, 2.75) is 89.9 Å². The lowest BCUT2D eigenvalue weighted by Gasteiger charge is -2.17. The molecule has 3 N–H and O–H groups in total. The van der Waals surface area contributed by atoms with Crippen LogP contribution in [-0.4, -0.2) is 33.9 Å². The van der Waals surface area contributed by atoms with Gasteiger partial charge in [-0.1, -0.05) is 50.0 Å². The molecule has 4 heteroatoms. The van der Waals surface area contributed by atoms with Crippen molar-refractivity contribution in [2.24, 2.45) is 17.8 Å². The molecule has 0 radical (unpaired) electrons. The molecule has 0 unspecified atom stereocenters. The maximum absolute atomic E-state index is 10.5. The highest BCUT2D eigenvalue weighted by Crippen LogP contribution is 2.50. The summed E-state index contributed by atoms with van der Waals surface area (Å²) in [5, 5.41) is 24.2. The number of aromatic nitrogens is 1. The van der Waals surface area contributed by atoms with Gasteiger partial charge in [-0.3, -0.25) is 4.98 Å². The maximum atomic E-state index is 10.5. The van der Waals surface area contributed by atoms with E-state index in [1.165, 1.54) is 31.2 Å². The van der Waals surface area contributed by atoms with Gasteiger partial charge in [0.25, 0.3) is 0 Å². The maximum Gasteiger partial charge on any atom is 0.0721 e. The van der Waals surface area contributed by atoms with Gasteiger partial charge in [-0.05, 0) is 81.0 Å². The van der Waals surface area contributed by atoms with Crippen LogP contribution in [0.3, 0.4) is 0 Å². The summed E-state index contributed by atoms with van der Waals surface area (Å²) in [5.74, 6) is 1.40. The lowest BCUT2D eigenvalue weighted by molar-refractivity contribution is 0.139. The molecule has 0 aliphatic heterocycles. The van der Waals surface area contributed by atoms with E-state index in [1.54, 1.807) is 5.57 Å². The number of fused-ring (bicyclic) bond motifs is 1. The van der Waals surface area contributed by atoms with E-state index in [9.17, 15) is 10.2 Å². The zero-order chi connectivity index (χ0) is 21.9. The lowest BCUT2D eigenvalue weighted by Crippen LogP contribution is -2.17. The fourth-order valence-corrected chi connectivity index (χ4v) is 5.33. The molecule has 2 saturated carbocycles. The van der Waals surface area contributed by atoms with Crippen LogP contribution >= 0.6 is 0 Å². The zero-order valence-corrected chi connectivity index (χ0v) is 19.3. The Hall–Kier alpha value is -1.49. The van der Waals surface area contributed by atoms with Gasteiger partial charge >= 0.3 is 0 Å². The molecule has 4 nitrogen and oxygen atoms in total. The Balaban J connectivity index is 1.34. The van der Waals surface area contributed by atoms with Gasteiger partial charge in [0.1, 0.15) is 0 Å². The molecule has 0 saturated heterocycles. The van der Waals surface area contributed by atoms with Gasteiger partial charge in [0.2, 0.25) is 0 Å². The van der Waals surface area contributed by atoms with E-state index >= 15 is 0 Å². The standard InChI is InChI=1S/C27H42N2O2/c1-2-3-5-9-24(30)10-11-25-26-18-22(17-23(26)19-27(25)31)8-6-4-7-14-29-20-21-12-15-28-16-13-21/h8,10-13,15-16,23-27,29-31H,2-7,9,14,17-20H2,1H3/b11-10+,22-8+/t23-,24-,25+,26-,27+/m0/s1. The number of hydrogen-bond acceptors (Lipinski definition) is 4. The van der Waals surface area contributed by atoms with Crippen molar-refractivity contribution >= 4 is 0 Å². The Labute approximate surface area is 188 Å². The quantitative estimate of drug-likeness (QED) is 0.301. The van der Waals surface area contributed by atoms with Crippen molar-refractivity contribution < 1.29 is 10.2 Å². The van der Waals surface area contributed by atoms with E-state index in [0.29, 0.717) is 11.8 Å². The van der Waals surface area contributed by atoms with Gasteiger partial charge in [-0.25, -0.2) is 0 Å². The van der Waals surface area contributed by atoms with Crippen LogP contribution in [0.15, 0.2) is 48.3 Å². The molecule has 1 aromatic rings. The van der Waals surface area contributed by atoms with Crippen LogP contribution in [0.25, 0.3) is 0 Å². The van der Waals surface area contributed by atoms with E-state index in [1.807, 2.05) is 18.5 Å². The summed E-state index contributed by atoms with van der Waals surface area (Å²) in [4.78, 5) is 4.05. The fourth-order valence-electron chi connectivity index (χ4n) is 5.33. The number of nitrogens with zero attached hydrogens (tertiary/aromatic N) is 1. The lowest BCUT2D eigenvalue weighted by atomic mass is 9.90. The summed E-state index contributed by atoms with van der Waals surface area (Å²) < 4.78 is 0. The van der Waals surface area contributed by atoms with Crippen LogP contribution in [-0.2, 0) is 6.54 Å². The van der Waals surface area contributed by atoms with E-state index in [4.69, 9.17) is 0 Å². The van der Waals surface area contributed by atoms with E-state index in [0.717, 1.165) is 51.6 Å². The molecule has 5 atom stereocenters. The minimum absolute atomic E-state index is 0.217. The predicted octanol–water partition coefficient (Wildman–Crippen LogP) is 5.17. The highest BCUT2D eigenvalue weighted by atomic mass is 16.3. The van der Waals surface area contributed by atoms with Crippen molar-refractivity contribution in [1.29, 1.82) is 0 Å². The number of aliphatic hydroxyl groups is 2. The summed E-state index contributed by atoms with van der Waals surface area (Å²) in [6.07, 6.45) is 20.7. The monoisotopic (exact) mass is 426 g/mol. The Morgan fingerprint density at radius 2 is 2.00 bits per heavy atom. The number of unbranched alkanes of at least 4 members (excludes halogenated alkanes) is 4. The third-order valence-corrected chi connectivity index (χ3v) is 7.09. The minimum atomic E-state index is -0.360. The molecular weight excluding hydrogens is 384 g/mol. The summed E-state index contributed by atoms with van der Waals surface area (Å²) in [6, 6.07) is 4.11. The van der Waals surface area contributed by atoms with E-state index in [2.05, 4.69) is 41.5 Å². The van der Waals surface area contributed by atoms with Gasteiger partial charge in [0.15, 0.2) is 0 Å². The molecule has 0 bridgehead atoms. The molecule has 0 spiro atoms. The molecule has 2 fully saturated rings. The number of nitrogens with one attached hydrogen (secondary N) is 1. The summed E-state index contributed by atoms with van der Waals surface area (Å²) in [7, 11) is 0. The fraction of sp³-hybridized carbons (Fsp3) is 0.667. The molecule has 31 heavy (non-hydrogen) atoms.